The quantitative estimate of drug-likeness (QED) is 0.583. The van der Waals surface area contributed by atoms with Gasteiger partial charge in [0.05, 0.1) is 25.4 Å². The Morgan fingerprint density at radius 2 is 1.88 bits per heavy atom. The molecule has 1 atom stereocenters. The maximum absolute atomic E-state index is 11.9. The molecular weight excluding hydrogens is 312 g/mol. The Balaban J connectivity index is 2.67. The number of anilines is 2. The molecule has 0 fully saturated rings. The number of methoxy groups -OCH3 is 1. The zero-order valence-corrected chi connectivity index (χ0v) is 14.3. The number of amides is 3. The Morgan fingerprint density at radius 3 is 2.42 bits per heavy atom. The Kier molecular flexibility index (Phi) is 7.19. The van der Waals surface area contributed by atoms with Crippen molar-refractivity contribution in [1.82, 2.24) is 5.32 Å². The van der Waals surface area contributed by atoms with E-state index >= 15 is 0 Å². The van der Waals surface area contributed by atoms with Crippen LogP contribution in [0.4, 0.5) is 11.4 Å². The lowest BCUT2D eigenvalue weighted by molar-refractivity contribution is -0.125. The number of carbonyl (C=O) groups is 3. The molecule has 0 aromatic heterocycles. The van der Waals surface area contributed by atoms with Gasteiger partial charge in [0.15, 0.2) is 0 Å². The van der Waals surface area contributed by atoms with Crippen LogP contribution in [0.15, 0.2) is 18.2 Å². The van der Waals surface area contributed by atoms with Gasteiger partial charge in [-0.15, -0.1) is 0 Å². The first-order valence-corrected chi connectivity index (χ1v) is 7.53. The second-order valence-corrected chi connectivity index (χ2v) is 5.63. The second-order valence-electron chi connectivity index (χ2n) is 5.63. The highest BCUT2D eigenvalue weighted by molar-refractivity contribution is 5.97. The van der Waals surface area contributed by atoms with E-state index in [2.05, 4.69) is 16.0 Å². The predicted molar refractivity (Wildman–Crippen MR) is 91.8 cm³/mol. The van der Waals surface area contributed by atoms with E-state index in [4.69, 9.17) is 10.5 Å². The SMILES string of the molecule is COc1ccc(NC(=O)CNC(=O)[C@@H](N)C(C)C)cc1NC(C)=O. The highest BCUT2D eigenvalue weighted by Gasteiger charge is 2.17. The molecule has 0 heterocycles. The molecule has 24 heavy (non-hydrogen) atoms. The van der Waals surface area contributed by atoms with Crippen LogP contribution in [0.2, 0.25) is 0 Å². The molecule has 1 rings (SSSR count). The number of hydrogen-bond donors (Lipinski definition) is 4. The van der Waals surface area contributed by atoms with Gasteiger partial charge in [0, 0.05) is 12.6 Å². The van der Waals surface area contributed by atoms with Crippen molar-refractivity contribution in [2.24, 2.45) is 11.7 Å². The summed E-state index contributed by atoms with van der Waals surface area (Å²) in [5.74, 6) is -0.590. The van der Waals surface area contributed by atoms with Crippen molar-refractivity contribution >= 4 is 29.1 Å². The standard InChI is InChI=1S/C16H24N4O4/c1-9(2)15(17)16(23)18-8-14(22)20-11-5-6-13(24-4)12(7-11)19-10(3)21/h5-7,9,15H,8,17H2,1-4H3,(H,18,23)(H,19,21)(H,20,22)/t15-/m0/s1. The monoisotopic (exact) mass is 336 g/mol. The lowest BCUT2D eigenvalue weighted by atomic mass is 10.1. The number of carbonyl (C=O) groups excluding carboxylic acids is 3. The number of ether oxygens (including phenoxy) is 1. The average molecular weight is 336 g/mol. The molecule has 132 valence electrons. The van der Waals surface area contributed by atoms with Crippen LogP contribution < -0.4 is 26.4 Å². The molecule has 0 bridgehead atoms. The van der Waals surface area contributed by atoms with Crippen molar-refractivity contribution < 1.29 is 19.1 Å². The van der Waals surface area contributed by atoms with E-state index in [1.165, 1.54) is 14.0 Å². The average Bonchev–Trinajstić information content (AvgIpc) is 2.51. The van der Waals surface area contributed by atoms with E-state index in [0.717, 1.165) is 0 Å². The second kappa shape index (κ2) is 8.88. The van der Waals surface area contributed by atoms with E-state index in [0.29, 0.717) is 17.1 Å². The summed E-state index contributed by atoms with van der Waals surface area (Å²) in [6.45, 7) is 4.83. The molecule has 8 nitrogen and oxygen atoms in total. The van der Waals surface area contributed by atoms with Crippen LogP contribution in [0.3, 0.4) is 0 Å². The lowest BCUT2D eigenvalue weighted by Gasteiger charge is -2.15. The first-order valence-electron chi connectivity index (χ1n) is 7.53. The smallest absolute Gasteiger partial charge is 0.243 e. The van der Waals surface area contributed by atoms with Gasteiger partial charge in [-0.05, 0) is 24.1 Å². The summed E-state index contributed by atoms with van der Waals surface area (Å²) >= 11 is 0. The molecule has 0 unspecified atom stereocenters. The third kappa shape index (κ3) is 5.88. The molecular formula is C16H24N4O4. The van der Waals surface area contributed by atoms with Crippen LogP contribution in [0, 0.1) is 5.92 Å². The van der Waals surface area contributed by atoms with Crippen molar-refractivity contribution in [1.29, 1.82) is 0 Å². The minimum Gasteiger partial charge on any atom is -0.495 e. The number of hydrogen-bond acceptors (Lipinski definition) is 5. The third-order valence-corrected chi connectivity index (χ3v) is 3.24. The van der Waals surface area contributed by atoms with E-state index in [1.54, 1.807) is 18.2 Å². The summed E-state index contributed by atoms with van der Waals surface area (Å²) in [5.41, 5.74) is 6.60. The minimum absolute atomic E-state index is 0.0186. The van der Waals surface area contributed by atoms with Crippen molar-refractivity contribution in [3.8, 4) is 5.75 Å². The molecule has 0 radical (unpaired) electrons. The fourth-order valence-electron chi connectivity index (χ4n) is 1.87. The molecule has 8 heteroatoms. The van der Waals surface area contributed by atoms with Gasteiger partial charge in [-0.25, -0.2) is 0 Å². The van der Waals surface area contributed by atoms with Crippen LogP contribution in [0.1, 0.15) is 20.8 Å². The zero-order chi connectivity index (χ0) is 18.3. The molecule has 0 spiro atoms. The predicted octanol–water partition coefficient (Wildman–Crippen LogP) is 0.692. The Hall–Kier alpha value is -2.61. The summed E-state index contributed by atoms with van der Waals surface area (Å²) < 4.78 is 5.14. The Bertz CT molecular complexity index is 616. The molecule has 1 aromatic rings. The van der Waals surface area contributed by atoms with Crippen LogP contribution in [0.5, 0.6) is 5.75 Å². The maximum Gasteiger partial charge on any atom is 0.243 e. The van der Waals surface area contributed by atoms with Gasteiger partial charge < -0.3 is 26.4 Å². The lowest BCUT2D eigenvalue weighted by Crippen LogP contribution is -2.46. The fraction of sp³-hybridized carbons (Fsp3) is 0.438. The van der Waals surface area contributed by atoms with Crippen molar-refractivity contribution in [2.45, 2.75) is 26.8 Å². The molecule has 0 aliphatic rings. The zero-order valence-electron chi connectivity index (χ0n) is 14.3. The first-order chi connectivity index (χ1) is 11.2. The summed E-state index contributed by atoms with van der Waals surface area (Å²) in [6.07, 6.45) is 0. The third-order valence-electron chi connectivity index (χ3n) is 3.24. The van der Waals surface area contributed by atoms with Crippen molar-refractivity contribution in [2.75, 3.05) is 24.3 Å². The van der Waals surface area contributed by atoms with Crippen LogP contribution >= 0.6 is 0 Å². The van der Waals surface area contributed by atoms with Gasteiger partial charge in [-0.1, -0.05) is 13.8 Å². The van der Waals surface area contributed by atoms with Crippen LogP contribution in [0.25, 0.3) is 0 Å². The Morgan fingerprint density at radius 1 is 1.21 bits per heavy atom. The molecule has 5 N–H and O–H groups in total. The van der Waals surface area contributed by atoms with Gasteiger partial charge in [-0.3, -0.25) is 14.4 Å². The highest BCUT2D eigenvalue weighted by Crippen LogP contribution is 2.27. The topological polar surface area (TPSA) is 123 Å². The number of nitrogens with one attached hydrogen (secondary N) is 3. The number of nitrogens with two attached hydrogens (primary N) is 1. The summed E-state index contributed by atoms with van der Waals surface area (Å²) in [4.78, 5) is 34.8. The van der Waals surface area contributed by atoms with Gasteiger partial charge in [0.25, 0.3) is 0 Å². The first kappa shape index (κ1) is 19.4. The van der Waals surface area contributed by atoms with Gasteiger partial charge in [0.1, 0.15) is 5.75 Å². The van der Waals surface area contributed by atoms with E-state index < -0.39 is 11.9 Å². The fourth-order valence-corrected chi connectivity index (χ4v) is 1.87. The molecule has 0 saturated heterocycles. The molecule has 1 aromatic carbocycles. The van der Waals surface area contributed by atoms with Crippen LogP contribution in [-0.2, 0) is 14.4 Å². The van der Waals surface area contributed by atoms with Crippen LogP contribution in [-0.4, -0.2) is 37.4 Å². The largest absolute Gasteiger partial charge is 0.495 e. The molecule has 0 saturated carbocycles. The molecule has 0 aliphatic carbocycles. The summed E-state index contributed by atoms with van der Waals surface area (Å²) in [7, 11) is 1.48. The number of rotatable bonds is 7. The highest BCUT2D eigenvalue weighted by atomic mass is 16.5. The van der Waals surface area contributed by atoms with Gasteiger partial charge in [-0.2, -0.15) is 0 Å². The summed E-state index contributed by atoms with van der Waals surface area (Å²) in [5, 5.41) is 7.73. The normalized spacial score (nSPS) is 11.6. The molecule has 3 amide bonds. The van der Waals surface area contributed by atoms with Crippen molar-refractivity contribution in [3.05, 3.63) is 18.2 Å². The Labute approximate surface area is 141 Å². The van der Waals surface area contributed by atoms with E-state index in [9.17, 15) is 14.4 Å². The van der Waals surface area contributed by atoms with Crippen molar-refractivity contribution in [3.63, 3.8) is 0 Å². The van der Waals surface area contributed by atoms with Gasteiger partial charge >= 0.3 is 0 Å². The minimum atomic E-state index is -0.662. The maximum atomic E-state index is 11.9. The van der Waals surface area contributed by atoms with E-state index in [-0.39, 0.29) is 24.3 Å². The van der Waals surface area contributed by atoms with E-state index in [1.807, 2.05) is 13.8 Å². The van der Waals surface area contributed by atoms with Gasteiger partial charge in [0.2, 0.25) is 17.7 Å². The molecule has 0 aliphatic heterocycles. The summed E-state index contributed by atoms with van der Waals surface area (Å²) in [6, 6.07) is 4.16. The number of benzene rings is 1.